The number of rotatable bonds is 7. The minimum absolute atomic E-state index is 0.0141. The van der Waals surface area contributed by atoms with Gasteiger partial charge in [-0.05, 0) is 42.5 Å². The van der Waals surface area contributed by atoms with Gasteiger partial charge in [-0.3, -0.25) is 9.78 Å². The van der Waals surface area contributed by atoms with E-state index in [2.05, 4.69) is 10.3 Å². The summed E-state index contributed by atoms with van der Waals surface area (Å²) in [6.45, 7) is 1.54. The first-order valence-corrected chi connectivity index (χ1v) is 9.98. The van der Waals surface area contributed by atoms with Crippen LogP contribution in [0.5, 0.6) is 0 Å². The summed E-state index contributed by atoms with van der Waals surface area (Å²) in [7, 11) is 0. The summed E-state index contributed by atoms with van der Waals surface area (Å²) in [5.41, 5.74) is 1.88. The topological polar surface area (TPSA) is 60.5 Å². The van der Waals surface area contributed by atoms with E-state index < -0.39 is 0 Å². The molecule has 2 unspecified atom stereocenters. The Morgan fingerprint density at radius 2 is 2.15 bits per heavy atom. The largest absolute Gasteiger partial charge is 0.379 e. The Balaban J connectivity index is 1.52. The van der Waals surface area contributed by atoms with E-state index in [0.29, 0.717) is 26.2 Å². The van der Waals surface area contributed by atoms with Crippen molar-refractivity contribution in [1.29, 1.82) is 0 Å². The van der Waals surface area contributed by atoms with Crippen molar-refractivity contribution in [2.75, 3.05) is 19.5 Å². The molecule has 2 atom stereocenters. The lowest BCUT2D eigenvalue weighted by Crippen LogP contribution is -2.50. The molecule has 1 fully saturated rings. The second-order valence-corrected chi connectivity index (χ2v) is 7.11. The molecule has 0 saturated carbocycles. The molecule has 0 spiro atoms. The summed E-state index contributed by atoms with van der Waals surface area (Å²) in [4.78, 5) is 17.9. The van der Waals surface area contributed by atoms with Gasteiger partial charge < -0.3 is 14.8 Å². The number of nitrogens with zero attached hydrogens (tertiary/aromatic N) is 1. The minimum Gasteiger partial charge on any atom is -0.379 e. The predicted octanol–water partition coefficient (Wildman–Crippen LogP) is 2.84. The monoisotopic (exact) mass is 372 g/mol. The highest BCUT2D eigenvalue weighted by Gasteiger charge is 2.28. The third-order valence-electron chi connectivity index (χ3n) is 4.35. The summed E-state index contributed by atoms with van der Waals surface area (Å²) in [5, 5.41) is 3.11. The zero-order valence-electron chi connectivity index (χ0n) is 14.9. The molecule has 1 saturated heterocycles. The minimum atomic E-state index is -0.159. The maximum absolute atomic E-state index is 12.4. The van der Waals surface area contributed by atoms with E-state index in [4.69, 9.17) is 9.47 Å². The number of hydrogen-bond acceptors (Lipinski definition) is 5. The molecule has 2 heterocycles. The fourth-order valence-electron chi connectivity index (χ4n) is 2.90. The Hall–Kier alpha value is -1.89. The van der Waals surface area contributed by atoms with Crippen molar-refractivity contribution in [1.82, 2.24) is 10.3 Å². The molecule has 1 amide bonds. The number of nitrogens with one attached hydrogen (secondary N) is 1. The Bertz CT molecular complexity index is 694. The van der Waals surface area contributed by atoms with Crippen LogP contribution in [0.1, 0.15) is 17.7 Å². The SMILES string of the molecule is CSc1ccc(CC(=O)NC2CCOCC2OCc2ccccn2)cc1. The molecule has 5 nitrogen and oxygen atoms in total. The lowest BCUT2D eigenvalue weighted by Gasteiger charge is -2.32. The van der Waals surface area contributed by atoms with Crippen LogP contribution in [-0.2, 0) is 27.3 Å². The van der Waals surface area contributed by atoms with Gasteiger partial charge in [-0.2, -0.15) is 0 Å². The first-order valence-electron chi connectivity index (χ1n) is 8.76. The summed E-state index contributed by atoms with van der Waals surface area (Å²) in [5.74, 6) is 0.0141. The van der Waals surface area contributed by atoms with Gasteiger partial charge in [0, 0.05) is 17.7 Å². The number of carbonyl (C=O) groups is 1. The van der Waals surface area contributed by atoms with E-state index >= 15 is 0 Å². The van der Waals surface area contributed by atoms with Crippen LogP contribution in [0.4, 0.5) is 0 Å². The Morgan fingerprint density at radius 1 is 1.31 bits per heavy atom. The van der Waals surface area contributed by atoms with E-state index in [1.807, 2.05) is 48.7 Å². The van der Waals surface area contributed by atoms with Gasteiger partial charge in [-0.25, -0.2) is 0 Å². The third kappa shape index (κ3) is 5.56. The number of hydrogen-bond donors (Lipinski definition) is 1. The lowest BCUT2D eigenvalue weighted by molar-refractivity contribution is -0.126. The quantitative estimate of drug-likeness (QED) is 0.758. The van der Waals surface area contributed by atoms with Crippen LogP contribution in [0.15, 0.2) is 53.6 Å². The second kappa shape index (κ2) is 9.71. The zero-order valence-corrected chi connectivity index (χ0v) is 15.7. The van der Waals surface area contributed by atoms with Crippen LogP contribution in [0.3, 0.4) is 0 Å². The van der Waals surface area contributed by atoms with Crippen LogP contribution in [-0.4, -0.2) is 42.5 Å². The Kier molecular flexibility index (Phi) is 7.05. The molecule has 1 aliphatic rings. The van der Waals surface area contributed by atoms with Gasteiger partial charge in [-0.15, -0.1) is 11.8 Å². The highest BCUT2D eigenvalue weighted by Crippen LogP contribution is 2.16. The summed E-state index contributed by atoms with van der Waals surface area (Å²) >= 11 is 1.69. The first-order chi connectivity index (χ1) is 12.7. The van der Waals surface area contributed by atoms with Gasteiger partial charge in [0.2, 0.25) is 5.91 Å². The van der Waals surface area contributed by atoms with E-state index in [-0.39, 0.29) is 18.1 Å². The molecule has 3 rings (SSSR count). The summed E-state index contributed by atoms with van der Waals surface area (Å²) in [6, 6.07) is 13.8. The highest BCUT2D eigenvalue weighted by molar-refractivity contribution is 7.98. The summed E-state index contributed by atoms with van der Waals surface area (Å²) in [6.07, 6.45) is 4.76. The fraction of sp³-hybridized carbons (Fsp3) is 0.400. The Labute approximate surface area is 158 Å². The number of amides is 1. The standard InChI is InChI=1S/C20H24N2O3S/c1-26-17-7-5-15(6-8-17)12-20(23)22-18-9-11-24-14-19(18)25-13-16-4-2-3-10-21-16/h2-8,10,18-19H,9,11-14H2,1H3,(H,22,23). The molecule has 1 N–H and O–H groups in total. The van der Waals surface area contributed by atoms with Crippen molar-refractivity contribution in [2.24, 2.45) is 0 Å². The van der Waals surface area contributed by atoms with Gasteiger partial charge in [0.05, 0.1) is 31.4 Å². The molecule has 0 bridgehead atoms. The summed E-state index contributed by atoms with van der Waals surface area (Å²) < 4.78 is 11.5. The van der Waals surface area contributed by atoms with Crippen LogP contribution in [0.25, 0.3) is 0 Å². The number of pyridine rings is 1. The molecular formula is C20H24N2O3S. The lowest BCUT2D eigenvalue weighted by atomic mass is 10.0. The van der Waals surface area contributed by atoms with E-state index in [9.17, 15) is 4.79 Å². The number of carbonyl (C=O) groups excluding carboxylic acids is 1. The molecule has 26 heavy (non-hydrogen) atoms. The third-order valence-corrected chi connectivity index (χ3v) is 5.09. The van der Waals surface area contributed by atoms with Crippen LogP contribution in [0.2, 0.25) is 0 Å². The number of aromatic nitrogens is 1. The van der Waals surface area contributed by atoms with Crippen molar-refractivity contribution in [3.05, 3.63) is 59.9 Å². The van der Waals surface area contributed by atoms with Gasteiger partial charge in [0.15, 0.2) is 0 Å². The number of thioether (sulfide) groups is 1. The average molecular weight is 372 g/mol. The molecule has 1 aromatic carbocycles. The van der Waals surface area contributed by atoms with Crippen molar-refractivity contribution < 1.29 is 14.3 Å². The van der Waals surface area contributed by atoms with Crippen molar-refractivity contribution >= 4 is 17.7 Å². The molecule has 0 aliphatic carbocycles. The molecule has 0 radical (unpaired) electrons. The van der Waals surface area contributed by atoms with E-state index in [0.717, 1.165) is 17.7 Å². The molecule has 138 valence electrons. The van der Waals surface area contributed by atoms with E-state index in [1.54, 1.807) is 18.0 Å². The van der Waals surface area contributed by atoms with Crippen molar-refractivity contribution in [2.45, 2.75) is 36.5 Å². The Morgan fingerprint density at radius 3 is 2.88 bits per heavy atom. The molecule has 6 heteroatoms. The van der Waals surface area contributed by atoms with Gasteiger partial charge in [-0.1, -0.05) is 18.2 Å². The average Bonchev–Trinajstić information content (AvgIpc) is 2.68. The van der Waals surface area contributed by atoms with Crippen LogP contribution < -0.4 is 5.32 Å². The molecular weight excluding hydrogens is 348 g/mol. The first kappa shape index (κ1) is 18.9. The number of ether oxygens (including phenoxy) is 2. The predicted molar refractivity (Wildman–Crippen MR) is 102 cm³/mol. The van der Waals surface area contributed by atoms with Crippen LogP contribution >= 0.6 is 11.8 Å². The van der Waals surface area contributed by atoms with E-state index in [1.165, 1.54) is 4.90 Å². The molecule has 1 aromatic heterocycles. The second-order valence-electron chi connectivity index (χ2n) is 6.23. The molecule has 2 aromatic rings. The van der Waals surface area contributed by atoms with Crippen LogP contribution in [0, 0.1) is 0 Å². The normalized spacial score (nSPS) is 19.9. The smallest absolute Gasteiger partial charge is 0.224 e. The van der Waals surface area contributed by atoms with Crippen molar-refractivity contribution in [3.63, 3.8) is 0 Å². The van der Waals surface area contributed by atoms with Crippen molar-refractivity contribution in [3.8, 4) is 0 Å². The van der Waals surface area contributed by atoms with Gasteiger partial charge in [0.1, 0.15) is 6.10 Å². The highest BCUT2D eigenvalue weighted by atomic mass is 32.2. The molecule has 1 aliphatic heterocycles. The number of benzene rings is 1. The van der Waals surface area contributed by atoms with Gasteiger partial charge >= 0.3 is 0 Å². The maximum atomic E-state index is 12.4. The fourth-order valence-corrected chi connectivity index (χ4v) is 3.31. The zero-order chi connectivity index (χ0) is 18.2. The maximum Gasteiger partial charge on any atom is 0.224 e. The van der Waals surface area contributed by atoms with Gasteiger partial charge in [0.25, 0.3) is 0 Å².